The van der Waals surface area contributed by atoms with Crippen molar-refractivity contribution in [2.24, 2.45) is 0 Å². The van der Waals surface area contributed by atoms with Crippen LogP contribution in [-0.4, -0.2) is 39.7 Å². The summed E-state index contributed by atoms with van der Waals surface area (Å²) in [5.74, 6) is -0.00993. The first-order chi connectivity index (χ1) is 9.36. The van der Waals surface area contributed by atoms with Crippen LogP contribution in [0.4, 0.5) is 5.69 Å². The van der Waals surface area contributed by atoms with E-state index in [1.54, 1.807) is 12.1 Å². The van der Waals surface area contributed by atoms with E-state index in [2.05, 4.69) is 10.2 Å². The molecule has 5 nitrogen and oxygen atoms in total. The van der Waals surface area contributed by atoms with Crippen molar-refractivity contribution in [1.82, 2.24) is 5.32 Å². The Hall–Kier alpha value is -1.56. The summed E-state index contributed by atoms with van der Waals surface area (Å²) in [6, 6.07) is 7.08. The minimum absolute atomic E-state index is 0.00993. The van der Waals surface area contributed by atoms with E-state index in [1.165, 1.54) is 13.2 Å². The van der Waals surface area contributed by atoms with E-state index in [0.29, 0.717) is 4.90 Å². The fourth-order valence-electron chi connectivity index (χ4n) is 2.52. The van der Waals surface area contributed by atoms with Crippen LogP contribution in [0, 0.1) is 0 Å². The first kappa shape index (κ1) is 14.8. The molecule has 1 saturated heterocycles. The van der Waals surface area contributed by atoms with Crippen molar-refractivity contribution in [3.05, 3.63) is 24.3 Å². The zero-order valence-corrected chi connectivity index (χ0v) is 12.6. The number of benzene rings is 1. The third kappa shape index (κ3) is 3.72. The number of amides is 1. The Morgan fingerprint density at radius 1 is 1.30 bits per heavy atom. The van der Waals surface area contributed by atoms with Gasteiger partial charge in [0.25, 0.3) is 0 Å². The van der Waals surface area contributed by atoms with Crippen LogP contribution in [0.25, 0.3) is 0 Å². The van der Waals surface area contributed by atoms with Crippen LogP contribution in [0.5, 0.6) is 0 Å². The lowest BCUT2D eigenvalue weighted by atomic mass is 10.0. The summed E-state index contributed by atoms with van der Waals surface area (Å²) in [5.41, 5.74) is 0.993. The second-order valence-electron chi connectivity index (χ2n) is 5.25. The second kappa shape index (κ2) is 5.83. The molecule has 1 aromatic rings. The van der Waals surface area contributed by atoms with Crippen LogP contribution in [-0.2, 0) is 14.6 Å². The Morgan fingerprint density at radius 3 is 2.50 bits per heavy atom. The quantitative estimate of drug-likeness (QED) is 0.910. The molecule has 1 N–H and O–H groups in total. The number of carbonyl (C=O) groups is 1. The number of piperidine rings is 1. The summed E-state index contributed by atoms with van der Waals surface area (Å²) < 4.78 is 22.9. The molecule has 20 heavy (non-hydrogen) atoms. The summed E-state index contributed by atoms with van der Waals surface area (Å²) in [6.07, 6.45) is 3.20. The van der Waals surface area contributed by atoms with Gasteiger partial charge in [0.2, 0.25) is 5.91 Å². The van der Waals surface area contributed by atoms with Crippen molar-refractivity contribution < 1.29 is 13.2 Å². The van der Waals surface area contributed by atoms with Gasteiger partial charge in [0.1, 0.15) is 0 Å². The van der Waals surface area contributed by atoms with E-state index < -0.39 is 9.84 Å². The molecule has 0 spiro atoms. The molecule has 2 rings (SSSR count). The Bertz CT molecular complexity index is 581. The predicted octanol–water partition coefficient (Wildman–Crippen LogP) is 1.20. The van der Waals surface area contributed by atoms with E-state index >= 15 is 0 Å². The van der Waals surface area contributed by atoms with Gasteiger partial charge in [0.15, 0.2) is 9.84 Å². The zero-order chi connectivity index (χ0) is 14.8. The molecule has 1 unspecified atom stereocenters. The number of nitrogens with one attached hydrogen (secondary N) is 1. The van der Waals surface area contributed by atoms with Crippen molar-refractivity contribution in [2.75, 3.05) is 24.2 Å². The van der Waals surface area contributed by atoms with Gasteiger partial charge in [-0.15, -0.1) is 0 Å². The SMILES string of the molecule is CC(=O)NC1CCCN(c2ccc(S(C)(=O)=O)cc2)C1. The van der Waals surface area contributed by atoms with Gasteiger partial charge >= 0.3 is 0 Å². The summed E-state index contributed by atoms with van der Waals surface area (Å²) in [4.78, 5) is 13.6. The Labute approximate surface area is 119 Å². The number of hydrogen-bond donors (Lipinski definition) is 1. The molecule has 1 aromatic carbocycles. The molecule has 0 bridgehead atoms. The monoisotopic (exact) mass is 296 g/mol. The van der Waals surface area contributed by atoms with Crippen LogP contribution in [0.2, 0.25) is 0 Å². The van der Waals surface area contributed by atoms with Gasteiger partial charge in [-0.3, -0.25) is 4.79 Å². The van der Waals surface area contributed by atoms with Crippen molar-refractivity contribution >= 4 is 21.4 Å². The molecule has 0 aliphatic carbocycles. The molecule has 1 aliphatic heterocycles. The van der Waals surface area contributed by atoms with Crippen LogP contribution < -0.4 is 10.2 Å². The first-order valence-corrected chi connectivity index (χ1v) is 8.57. The van der Waals surface area contributed by atoms with Gasteiger partial charge in [-0.05, 0) is 37.1 Å². The average Bonchev–Trinajstić information content (AvgIpc) is 2.37. The van der Waals surface area contributed by atoms with Gasteiger partial charge in [-0.2, -0.15) is 0 Å². The topological polar surface area (TPSA) is 66.5 Å². The molecule has 110 valence electrons. The van der Waals surface area contributed by atoms with E-state index in [0.717, 1.165) is 31.6 Å². The van der Waals surface area contributed by atoms with E-state index in [9.17, 15) is 13.2 Å². The van der Waals surface area contributed by atoms with Crippen LogP contribution in [0.1, 0.15) is 19.8 Å². The van der Waals surface area contributed by atoms with Crippen LogP contribution in [0.3, 0.4) is 0 Å². The van der Waals surface area contributed by atoms with Crippen molar-refractivity contribution in [1.29, 1.82) is 0 Å². The highest BCUT2D eigenvalue weighted by atomic mass is 32.2. The highest BCUT2D eigenvalue weighted by Gasteiger charge is 2.20. The number of sulfone groups is 1. The second-order valence-corrected chi connectivity index (χ2v) is 7.27. The fourth-order valence-corrected chi connectivity index (χ4v) is 3.15. The van der Waals surface area contributed by atoms with Gasteiger partial charge in [0.05, 0.1) is 4.90 Å². The average molecular weight is 296 g/mol. The van der Waals surface area contributed by atoms with E-state index in [-0.39, 0.29) is 11.9 Å². The lowest BCUT2D eigenvalue weighted by Gasteiger charge is -2.34. The molecule has 0 saturated carbocycles. The number of nitrogens with zero attached hydrogens (tertiary/aromatic N) is 1. The normalized spacial score (nSPS) is 19.7. The Balaban J connectivity index is 2.09. The number of hydrogen-bond acceptors (Lipinski definition) is 4. The molecule has 0 aromatic heterocycles. The maximum Gasteiger partial charge on any atom is 0.217 e. The fraction of sp³-hybridized carbons (Fsp3) is 0.500. The smallest absolute Gasteiger partial charge is 0.217 e. The molecule has 1 amide bonds. The molecule has 1 aliphatic rings. The molecule has 1 fully saturated rings. The standard InChI is InChI=1S/C14H20N2O3S/c1-11(17)15-12-4-3-9-16(10-12)13-5-7-14(8-6-13)20(2,18)19/h5-8,12H,3-4,9-10H2,1-2H3,(H,15,17). The van der Waals surface area contributed by atoms with Gasteiger partial charge in [0, 0.05) is 38.0 Å². The molecule has 0 radical (unpaired) electrons. The highest BCUT2D eigenvalue weighted by molar-refractivity contribution is 7.90. The molecule has 1 heterocycles. The van der Waals surface area contributed by atoms with Gasteiger partial charge in [-0.25, -0.2) is 8.42 Å². The maximum atomic E-state index is 11.4. The van der Waals surface area contributed by atoms with Crippen molar-refractivity contribution in [3.63, 3.8) is 0 Å². The lowest BCUT2D eigenvalue weighted by molar-refractivity contribution is -0.119. The molecule has 1 atom stereocenters. The van der Waals surface area contributed by atoms with E-state index in [4.69, 9.17) is 0 Å². The minimum Gasteiger partial charge on any atom is -0.369 e. The lowest BCUT2D eigenvalue weighted by Crippen LogP contribution is -2.47. The molecular formula is C14H20N2O3S. The zero-order valence-electron chi connectivity index (χ0n) is 11.8. The first-order valence-electron chi connectivity index (χ1n) is 6.68. The summed E-state index contributed by atoms with van der Waals surface area (Å²) in [5, 5.41) is 2.94. The van der Waals surface area contributed by atoms with E-state index in [1.807, 2.05) is 12.1 Å². The third-order valence-corrected chi connectivity index (χ3v) is 4.59. The molecular weight excluding hydrogens is 276 g/mol. The highest BCUT2D eigenvalue weighted by Crippen LogP contribution is 2.22. The molecule has 6 heteroatoms. The number of rotatable bonds is 3. The minimum atomic E-state index is -3.15. The largest absolute Gasteiger partial charge is 0.369 e. The number of carbonyl (C=O) groups excluding carboxylic acids is 1. The van der Waals surface area contributed by atoms with Crippen LogP contribution in [0.15, 0.2) is 29.2 Å². The summed E-state index contributed by atoms with van der Waals surface area (Å²) in [7, 11) is -3.15. The maximum absolute atomic E-state index is 11.4. The van der Waals surface area contributed by atoms with Crippen molar-refractivity contribution in [3.8, 4) is 0 Å². The third-order valence-electron chi connectivity index (χ3n) is 3.46. The van der Waals surface area contributed by atoms with Crippen molar-refractivity contribution in [2.45, 2.75) is 30.7 Å². The summed E-state index contributed by atoms with van der Waals surface area (Å²) >= 11 is 0. The van der Waals surface area contributed by atoms with Gasteiger partial charge < -0.3 is 10.2 Å². The number of anilines is 1. The predicted molar refractivity (Wildman–Crippen MR) is 78.6 cm³/mol. The summed E-state index contributed by atoms with van der Waals surface area (Å²) in [6.45, 7) is 3.21. The van der Waals surface area contributed by atoms with Gasteiger partial charge in [-0.1, -0.05) is 0 Å². The Kier molecular flexibility index (Phi) is 4.32. The van der Waals surface area contributed by atoms with Crippen LogP contribution >= 0.6 is 0 Å². The Morgan fingerprint density at radius 2 is 1.95 bits per heavy atom.